The smallest absolute Gasteiger partial charge is 0.206 e. The van der Waals surface area contributed by atoms with Crippen molar-refractivity contribution in [1.29, 1.82) is 5.26 Å². The molecule has 0 spiro atoms. The summed E-state index contributed by atoms with van der Waals surface area (Å²) in [4.78, 5) is 0.319. The third-order valence-corrected chi connectivity index (χ3v) is 17.1. The van der Waals surface area contributed by atoms with Crippen molar-refractivity contribution >= 4 is 81.0 Å². The number of fused-ring (bicyclic) bond motifs is 9. The highest BCUT2D eigenvalue weighted by Gasteiger charge is 2.26. The molecular formula is C67H68N4O2S. The fourth-order valence-corrected chi connectivity index (χ4v) is 11.7. The highest BCUT2D eigenvalue weighted by atomic mass is 32.2. The average molecular weight is 993 g/mol. The number of aromatic nitrogens is 3. The second kappa shape index (κ2) is 17.6. The summed E-state index contributed by atoms with van der Waals surface area (Å²) in [6.45, 7) is 33.6. The first-order valence-corrected chi connectivity index (χ1v) is 27.3. The number of rotatable bonds is 8. The number of benzene rings is 7. The Bertz CT molecular complexity index is 4140. The van der Waals surface area contributed by atoms with Crippen LogP contribution < -0.4 is 0 Å². The largest absolute Gasteiger partial charge is 0.313 e. The van der Waals surface area contributed by atoms with Crippen molar-refractivity contribution in [3.63, 3.8) is 0 Å². The molecule has 0 bridgehead atoms. The summed E-state index contributed by atoms with van der Waals surface area (Å²) in [5.74, 6) is 0. The Balaban J connectivity index is 1.35. The Hall–Kier alpha value is -7.40. The standard InChI is InChI=1S/C67H68N4O2S/c1-15-16-47(24-17-42(2)64(3,4)5)69-58-33-22-45(66(9,10)11)35-52(58)54-37-56-57-38-55-53-36-46(67(12,13)14)23-34-59(53)70(48-25-20-44(21-26-48)65(6,7)8)61(55)40-63(57)71(62(56)39-60(54)69)49-27-31-51(32-28-49)74(72,73)50-29-18-43(41-68)19-30-50/h15,17-40H,1,16H2,2-14H3/b42-17+,47-24+. The van der Waals surface area contributed by atoms with Gasteiger partial charge in [-0.05, 0) is 161 Å². The lowest BCUT2D eigenvalue weighted by Crippen LogP contribution is -2.11. The van der Waals surface area contributed by atoms with Gasteiger partial charge in [-0.1, -0.05) is 125 Å². The van der Waals surface area contributed by atoms with Crippen LogP contribution in [-0.4, -0.2) is 22.1 Å². The van der Waals surface area contributed by atoms with E-state index in [9.17, 15) is 13.7 Å². The third kappa shape index (κ3) is 8.57. The molecule has 3 aromatic heterocycles. The molecule has 0 aliphatic carbocycles. The van der Waals surface area contributed by atoms with Crippen LogP contribution in [0.5, 0.6) is 0 Å². The van der Waals surface area contributed by atoms with Gasteiger partial charge in [0.05, 0.1) is 54.5 Å². The van der Waals surface area contributed by atoms with Crippen LogP contribution >= 0.6 is 0 Å². The Kier molecular flexibility index (Phi) is 11.9. The van der Waals surface area contributed by atoms with Crippen molar-refractivity contribution in [2.45, 2.75) is 122 Å². The molecule has 3 heterocycles. The second-order valence-electron chi connectivity index (χ2n) is 24.4. The molecule has 0 N–H and O–H groups in total. The van der Waals surface area contributed by atoms with Crippen molar-refractivity contribution in [3.8, 4) is 17.4 Å². The predicted molar refractivity (Wildman–Crippen MR) is 313 cm³/mol. The van der Waals surface area contributed by atoms with Crippen LogP contribution in [0.25, 0.3) is 82.5 Å². The first kappa shape index (κ1) is 50.1. The van der Waals surface area contributed by atoms with Gasteiger partial charge in [0.1, 0.15) is 0 Å². The fraction of sp³-hybridized carbons (Fsp3) is 0.269. The van der Waals surface area contributed by atoms with Crippen LogP contribution in [-0.2, 0) is 26.1 Å². The van der Waals surface area contributed by atoms with E-state index >= 15 is 0 Å². The molecule has 0 saturated heterocycles. The summed E-state index contributed by atoms with van der Waals surface area (Å²) in [6, 6.07) is 47.9. The van der Waals surface area contributed by atoms with Gasteiger partial charge in [0.15, 0.2) is 0 Å². The van der Waals surface area contributed by atoms with E-state index in [4.69, 9.17) is 0 Å². The molecule has 10 aromatic rings. The van der Waals surface area contributed by atoms with Crippen molar-refractivity contribution in [2.75, 3.05) is 0 Å². The Morgan fingerprint density at radius 1 is 0.500 bits per heavy atom. The van der Waals surface area contributed by atoms with Gasteiger partial charge in [-0.25, -0.2) is 8.42 Å². The minimum absolute atomic E-state index is 0.0000359. The highest BCUT2D eigenvalue weighted by molar-refractivity contribution is 7.91. The second-order valence-corrected chi connectivity index (χ2v) is 26.4. The molecule has 7 heteroatoms. The first-order chi connectivity index (χ1) is 34.8. The molecule has 7 aromatic carbocycles. The number of allylic oxidation sites excluding steroid dienone is 5. The van der Waals surface area contributed by atoms with E-state index < -0.39 is 9.84 Å². The Morgan fingerprint density at radius 2 is 0.905 bits per heavy atom. The molecule has 0 fully saturated rings. The van der Waals surface area contributed by atoms with E-state index in [0.717, 1.165) is 71.7 Å². The van der Waals surface area contributed by atoms with Gasteiger partial charge >= 0.3 is 0 Å². The summed E-state index contributed by atoms with van der Waals surface area (Å²) in [7, 11) is -3.88. The number of sulfone groups is 1. The van der Waals surface area contributed by atoms with Crippen molar-refractivity contribution in [1.82, 2.24) is 13.7 Å². The summed E-state index contributed by atoms with van der Waals surface area (Å²) in [5, 5.41) is 16.3. The maximum atomic E-state index is 14.1. The van der Waals surface area contributed by atoms with Gasteiger partial charge in [0.2, 0.25) is 9.84 Å². The molecular weight excluding hydrogens is 925 g/mol. The number of nitrogens with zero attached hydrogens (tertiary/aromatic N) is 4. The Morgan fingerprint density at radius 3 is 1.38 bits per heavy atom. The minimum atomic E-state index is -3.88. The van der Waals surface area contributed by atoms with Crippen LogP contribution in [0.2, 0.25) is 0 Å². The molecule has 0 saturated carbocycles. The molecule has 0 atom stereocenters. The van der Waals surface area contributed by atoms with E-state index in [2.05, 4.69) is 213 Å². The quantitative estimate of drug-likeness (QED) is 0.112. The molecule has 6 nitrogen and oxygen atoms in total. The zero-order valence-electron chi connectivity index (χ0n) is 45.4. The van der Waals surface area contributed by atoms with E-state index in [1.807, 2.05) is 18.2 Å². The molecule has 0 amide bonds. The maximum Gasteiger partial charge on any atom is 0.206 e. The molecule has 0 aliphatic heterocycles. The first-order valence-electron chi connectivity index (χ1n) is 25.8. The molecule has 0 unspecified atom stereocenters. The molecule has 374 valence electrons. The van der Waals surface area contributed by atoms with Gasteiger partial charge in [-0.15, -0.1) is 6.58 Å². The number of nitriles is 1. The normalized spacial score (nSPS) is 13.6. The van der Waals surface area contributed by atoms with E-state index in [1.165, 1.54) is 45.2 Å². The summed E-state index contributed by atoms with van der Waals surface area (Å²) >= 11 is 0. The van der Waals surface area contributed by atoms with Gasteiger partial charge in [-0.3, -0.25) is 0 Å². The van der Waals surface area contributed by atoms with Gasteiger partial charge < -0.3 is 13.7 Å². The summed E-state index contributed by atoms with van der Waals surface area (Å²) in [6.07, 6.45) is 7.17. The SMILES string of the molecule is C=CC/C(=C\C=C(/C)C(C)(C)C)n1c2ccc(C(C)(C)C)cc2c2cc3c4cc5c6cc(C(C)(C)C)ccc6n(-c6ccc(C(C)(C)C)cc6)c5cc4n(-c4ccc(S(=O)(=O)c5ccc(C#N)cc5)cc4)c3cc21. The lowest BCUT2D eigenvalue weighted by atomic mass is 9.86. The predicted octanol–water partition coefficient (Wildman–Crippen LogP) is 18.0. The van der Waals surface area contributed by atoms with Crippen LogP contribution in [0.4, 0.5) is 0 Å². The topological polar surface area (TPSA) is 72.7 Å². The van der Waals surface area contributed by atoms with Gasteiger partial charge in [0.25, 0.3) is 0 Å². The number of hydrogen-bond acceptors (Lipinski definition) is 3. The van der Waals surface area contributed by atoms with Crippen LogP contribution in [0.1, 0.15) is 119 Å². The van der Waals surface area contributed by atoms with E-state index in [-0.39, 0.29) is 31.5 Å². The molecule has 74 heavy (non-hydrogen) atoms. The molecule has 10 rings (SSSR count). The highest BCUT2D eigenvalue weighted by Crippen LogP contribution is 2.45. The van der Waals surface area contributed by atoms with Gasteiger partial charge in [0, 0.05) is 55.8 Å². The lowest BCUT2D eigenvalue weighted by Gasteiger charge is -2.20. The van der Waals surface area contributed by atoms with Crippen LogP contribution in [0, 0.1) is 16.7 Å². The van der Waals surface area contributed by atoms with Crippen LogP contribution in [0.3, 0.4) is 0 Å². The molecule has 0 radical (unpaired) electrons. The van der Waals surface area contributed by atoms with Gasteiger partial charge in [-0.2, -0.15) is 5.26 Å². The third-order valence-electron chi connectivity index (χ3n) is 15.3. The van der Waals surface area contributed by atoms with Crippen molar-refractivity contribution < 1.29 is 8.42 Å². The van der Waals surface area contributed by atoms with E-state index in [0.29, 0.717) is 12.0 Å². The number of hydrogen-bond donors (Lipinski definition) is 0. The maximum absolute atomic E-state index is 14.1. The summed E-state index contributed by atoms with van der Waals surface area (Å²) in [5.41, 5.74) is 14.8. The zero-order chi connectivity index (χ0) is 53.0. The zero-order valence-corrected chi connectivity index (χ0v) is 46.2. The Labute approximate surface area is 437 Å². The van der Waals surface area contributed by atoms with Crippen molar-refractivity contribution in [3.05, 3.63) is 186 Å². The lowest BCUT2D eigenvalue weighted by molar-refractivity contribution is 0.504. The minimum Gasteiger partial charge on any atom is -0.313 e. The van der Waals surface area contributed by atoms with Crippen LogP contribution in [0.15, 0.2) is 174 Å². The molecule has 0 aliphatic rings. The van der Waals surface area contributed by atoms with E-state index in [1.54, 1.807) is 24.3 Å². The van der Waals surface area contributed by atoms with Crippen molar-refractivity contribution in [2.24, 2.45) is 5.41 Å². The average Bonchev–Trinajstić information content (AvgIpc) is 3.96. The fourth-order valence-electron chi connectivity index (χ4n) is 10.4. The monoisotopic (exact) mass is 993 g/mol. The summed E-state index contributed by atoms with van der Waals surface area (Å²) < 4.78 is 35.4.